The number of benzene rings is 2. The van der Waals surface area contributed by atoms with Gasteiger partial charge in [0.1, 0.15) is 5.78 Å². The predicted molar refractivity (Wildman–Crippen MR) is 128 cm³/mol. The van der Waals surface area contributed by atoms with Crippen LogP contribution in [0.3, 0.4) is 0 Å². The molecule has 4 rings (SSSR count). The molecule has 0 radical (unpaired) electrons. The molecule has 0 saturated carbocycles. The summed E-state index contributed by atoms with van der Waals surface area (Å²) in [5.74, 6) is 0.296. The Morgan fingerprint density at radius 3 is 2.03 bits per heavy atom. The van der Waals surface area contributed by atoms with Crippen LogP contribution in [0, 0.1) is 0 Å². The Morgan fingerprint density at radius 2 is 1.41 bits per heavy atom. The SMILES string of the molecule is O=C(C=Cc1ccccc1)[c-]1cccc1.O=C(CCCc1ccccc1)[c-]1[cH-][cH-][cH-][cH-]1.[Fe]. The van der Waals surface area contributed by atoms with Gasteiger partial charge in [-0.15, -0.1) is 18.6 Å². The van der Waals surface area contributed by atoms with Crippen molar-refractivity contribution in [1.29, 1.82) is 0 Å². The smallest absolute Gasteiger partial charge is 0.105 e. The van der Waals surface area contributed by atoms with Crippen LogP contribution in [-0.2, 0) is 23.5 Å². The zero-order valence-electron chi connectivity index (χ0n) is 17.8. The van der Waals surface area contributed by atoms with E-state index in [1.54, 1.807) is 6.08 Å². The summed E-state index contributed by atoms with van der Waals surface area (Å²) < 4.78 is 0. The number of carbonyl (C=O) groups excluding carboxylic acids is 2. The quantitative estimate of drug-likeness (QED) is 0.123. The zero-order chi connectivity index (χ0) is 21.7. The second-order valence-electron chi connectivity index (χ2n) is 7.22. The van der Waals surface area contributed by atoms with Crippen LogP contribution in [0.5, 0.6) is 0 Å². The summed E-state index contributed by atoms with van der Waals surface area (Å²) in [7, 11) is 0. The molecule has 0 aromatic heterocycles. The van der Waals surface area contributed by atoms with E-state index >= 15 is 0 Å². The molecule has 0 amide bonds. The number of hydrogen-bond acceptors (Lipinski definition) is 2. The second kappa shape index (κ2) is 13.9. The topological polar surface area (TPSA) is 34.1 Å². The van der Waals surface area contributed by atoms with Crippen LogP contribution >= 0.6 is 0 Å². The molecule has 0 spiro atoms. The van der Waals surface area contributed by atoms with Crippen molar-refractivity contribution in [2.24, 2.45) is 0 Å². The van der Waals surface area contributed by atoms with Gasteiger partial charge in [-0.3, -0.25) is 5.78 Å². The third kappa shape index (κ3) is 8.47. The largest absolute Gasteiger partial charge is 0.718 e. The van der Waals surface area contributed by atoms with Gasteiger partial charge in [-0.25, -0.2) is 0 Å². The molecule has 0 unspecified atom stereocenters. The Labute approximate surface area is 200 Å². The monoisotopic (exact) mass is 462 g/mol. The fourth-order valence-corrected chi connectivity index (χ4v) is 3.17. The minimum Gasteiger partial charge on any atom is -0.718 e. The van der Waals surface area contributed by atoms with Crippen molar-refractivity contribution in [3.05, 3.63) is 138 Å². The van der Waals surface area contributed by atoms with Gasteiger partial charge >= 0.3 is 0 Å². The maximum Gasteiger partial charge on any atom is 0.105 e. The van der Waals surface area contributed by atoms with Crippen LogP contribution in [0.4, 0.5) is 0 Å². The van der Waals surface area contributed by atoms with Crippen LogP contribution in [-0.4, -0.2) is 11.6 Å². The predicted octanol–water partition coefficient (Wildman–Crippen LogP) is 6.91. The van der Waals surface area contributed by atoms with Crippen molar-refractivity contribution in [3.63, 3.8) is 0 Å². The zero-order valence-corrected chi connectivity index (χ0v) is 18.9. The van der Waals surface area contributed by atoms with E-state index in [0.717, 1.165) is 29.5 Å². The Morgan fingerprint density at radius 1 is 0.812 bits per heavy atom. The van der Waals surface area contributed by atoms with Gasteiger partial charge in [0.2, 0.25) is 0 Å². The van der Waals surface area contributed by atoms with Crippen molar-refractivity contribution in [2.45, 2.75) is 19.3 Å². The van der Waals surface area contributed by atoms with Crippen LogP contribution in [0.25, 0.3) is 6.08 Å². The van der Waals surface area contributed by atoms with E-state index in [1.807, 2.05) is 103 Å². The van der Waals surface area contributed by atoms with E-state index in [0.29, 0.717) is 6.42 Å². The molecule has 2 nitrogen and oxygen atoms in total. The summed E-state index contributed by atoms with van der Waals surface area (Å²) >= 11 is 0. The molecule has 0 saturated heterocycles. The molecule has 0 fully saturated rings. The van der Waals surface area contributed by atoms with Crippen molar-refractivity contribution in [3.8, 4) is 0 Å². The Bertz CT molecular complexity index is 1060. The van der Waals surface area contributed by atoms with Gasteiger partial charge in [0.25, 0.3) is 0 Å². The minimum absolute atomic E-state index is 0. The van der Waals surface area contributed by atoms with E-state index in [-0.39, 0.29) is 28.6 Å². The third-order valence-electron chi connectivity index (χ3n) is 4.87. The first-order valence-electron chi connectivity index (χ1n) is 10.5. The molecular weight excluding hydrogens is 436 g/mol. The summed E-state index contributed by atoms with van der Waals surface area (Å²) in [6, 6.07) is 35.0. The van der Waals surface area contributed by atoms with Gasteiger partial charge < -0.3 is 39.4 Å². The van der Waals surface area contributed by atoms with Crippen molar-refractivity contribution >= 4 is 17.6 Å². The maximum atomic E-state index is 11.7. The summed E-state index contributed by atoms with van der Waals surface area (Å²) in [5.41, 5.74) is 3.92. The third-order valence-corrected chi connectivity index (χ3v) is 4.87. The summed E-state index contributed by atoms with van der Waals surface area (Å²) in [6.07, 6.45) is 5.97. The molecule has 32 heavy (non-hydrogen) atoms. The number of rotatable bonds is 8. The van der Waals surface area contributed by atoms with Gasteiger partial charge in [0.15, 0.2) is 0 Å². The standard InChI is InChI=1S/C15H15O.C14H11O.Fe/c16-15(14-10-4-5-11-14)12-6-9-13-7-2-1-3-8-13;15-14(13-8-4-5-9-13)11-10-12-6-2-1-3-7-12;/h1-5,7-8,10-11H,6,9,12H2;1-11H;/q-5;-1;. The van der Waals surface area contributed by atoms with E-state index in [2.05, 4.69) is 12.1 Å². The van der Waals surface area contributed by atoms with Gasteiger partial charge in [-0.2, -0.15) is 12.1 Å². The fourth-order valence-electron chi connectivity index (χ4n) is 3.17. The molecular formula is C29H26FeO2-6. The van der Waals surface area contributed by atoms with E-state index < -0.39 is 0 Å². The van der Waals surface area contributed by atoms with Crippen LogP contribution in [0.15, 0.2) is 115 Å². The minimum atomic E-state index is 0. The molecule has 0 heterocycles. The molecule has 0 atom stereocenters. The summed E-state index contributed by atoms with van der Waals surface area (Å²) in [5, 5.41) is 0. The van der Waals surface area contributed by atoms with Gasteiger partial charge in [-0.05, 0) is 17.5 Å². The van der Waals surface area contributed by atoms with Crippen molar-refractivity contribution < 1.29 is 26.7 Å². The number of carbonyl (C=O) groups is 2. The molecule has 0 bridgehead atoms. The first kappa shape index (κ1) is 25.0. The van der Waals surface area contributed by atoms with E-state index in [4.69, 9.17) is 0 Å². The molecule has 4 aromatic rings. The maximum absolute atomic E-state index is 11.7. The average Bonchev–Trinajstić information content (AvgIpc) is 3.54. The fraction of sp³-hybridized carbons (Fsp3) is 0.103. The average molecular weight is 462 g/mol. The normalized spacial score (nSPS) is 10.1. The molecule has 4 aromatic carbocycles. The van der Waals surface area contributed by atoms with Crippen LogP contribution in [0.1, 0.15) is 44.7 Å². The summed E-state index contributed by atoms with van der Waals surface area (Å²) in [4.78, 5) is 23.3. The Hall–Kier alpha value is -3.26. The Kier molecular flexibility index (Phi) is 10.9. The first-order chi connectivity index (χ1) is 15.2. The molecule has 0 aliphatic heterocycles. The number of hydrogen-bond donors (Lipinski definition) is 0. The van der Waals surface area contributed by atoms with Crippen molar-refractivity contribution in [2.75, 3.05) is 0 Å². The second-order valence-corrected chi connectivity index (χ2v) is 7.22. The van der Waals surface area contributed by atoms with Crippen LogP contribution in [0.2, 0.25) is 0 Å². The van der Waals surface area contributed by atoms with Gasteiger partial charge in [0.05, 0.1) is 0 Å². The first-order valence-corrected chi connectivity index (χ1v) is 10.5. The number of allylic oxidation sites excluding steroid dienone is 1. The molecule has 3 heteroatoms. The molecule has 168 valence electrons. The molecule has 0 aliphatic rings. The molecule has 0 aliphatic carbocycles. The van der Waals surface area contributed by atoms with Gasteiger partial charge in [-0.1, -0.05) is 84.8 Å². The molecule has 0 N–H and O–H groups in total. The number of ketones is 2. The van der Waals surface area contributed by atoms with E-state index in [9.17, 15) is 9.59 Å². The Balaban J connectivity index is 0.000000220. The van der Waals surface area contributed by atoms with Crippen LogP contribution < -0.4 is 0 Å². The van der Waals surface area contributed by atoms with E-state index in [1.165, 1.54) is 5.56 Å². The summed E-state index contributed by atoms with van der Waals surface area (Å²) in [6.45, 7) is 0. The number of Topliss-reactive ketones (excluding diaryl/α,β-unsaturated/α-hetero) is 1. The van der Waals surface area contributed by atoms with Crippen molar-refractivity contribution in [1.82, 2.24) is 0 Å². The number of aryl methyl sites for hydroxylation is 1. The van der Waals surface area contributed by atoms with Gasteiger partial charge in [0, 0.05) is 17.1 Å².